The average molecular weight is 343 g/mol. The Morgan fingerprint density at radius 1 is 1.17 bits per heavy atom. The van der Waals surface area contributed by atoms with Crippen LogP contribution in [0.2, 0.25) is 0 Å². The maximum Gasteiger partial charge on any atom is 0.412 e. The SMILES string of the molecule is CC(C)(C)OC(=O)N(CCCc1ccccc1)COS(C)(=O)=O. The van der Waals surface area contributed by atoms with Gasteiger partial charge in [0.1, 0.15) is 12.3 Å². The lowest BCUT2D eigenvalue weighted by molar-refractivity contribution is 0.0108. The first-order valence-corrected chi connectivity index (χ1v) is 9.25. The zero-order chi connectivity index (χ0) is 17.5. The number of amides is 1. The van der Waals surface area contributed by atoms with E-state index in [1.54, 1.807) is 20.8 Å². The lowest BCUT2D eigenvalue weighted by atomic mass is 10.1. The van der Waals surface area contributed by atoms with Gasteiger partial charge < -0.3 is 4.74 Å². The zero-order valence-corrected chi connectivity index (χ0v) is 14.9. The molecule has 130 valence electrons. The van der Waals surface area contributed by atoms with Crippen LogP contribution < -0.4 is 0 Å². The first kappa shape index (κ1) is 19.4. The molecule has 0 fully saturated rings. The number of hydrogen-bond acceptors (Lipinski definition) is 5. The molecule has 0 aromatic heterocycles. The molecule has 1 rings (SSSR count). The number of carbonyl (C=O) groups excluding carboxylic acids is 1. The van der Waals surface area contributed by atoms with Crippen LogP contribution in [-0.2, 0) is 25.5 Å². The zero-order valence-electron chi connectivity index (χ0n) is 14.1. The van der Waals surface area contributed by atoms with Crippen molar-refractivity contribution >= 4 is 16.2 Å². The van der Waals surface area contributed by atoms with Gasteiger partial charge in [-0.15, -0.1) is 0 Å². The monoisotopic (exact) mass is 343 g/mol. The lowest BCUT2D eigenvalue weighted by Gasteiger charge is -2.26. The molecule has 0 bridgehead atoms. The second-order valence-electron chi connectivity index (χ2n) is 6.28. The number of nitrogens with zero attached hydrogens (tertiary/aromatic N) is 1. The minimum Gasteiger partial charge on any atom is -0.444 e. The number of hydrogen-bond donors (Lipinski definition) is 0. The van der Waals surface area contributed by atoms with Crippen molar-refractivity contribution in [1.82, 2.24) is 4.90 Å². The Balaban J connectivity index is 2.61. The Morgan fingerprint density at radius 2 is 1.78 bits per heavy atom. The molecule has 0 aliphatic heterocycles. The highest BCUT2D eigenvalue weighted by atomic mass is 32.2. The van der Waals surface area contributed by atoms with E-state index in [2.05, 4.69) is 0 Å². The van der Waals surface area contributed by atoms with E-state index in [1.807, 2.05) is 30.3 Å². The molecule has 0 atom stereocenters. The third-order valence-electron chi connectivity index (χ3n) is 2.81. The molecule has 0 spiro atoms. The summed E-state index contributed by atoms with van der Waals surface area (Å²) in [4.78, 5) is 13.4. The summed E-state index contributed by atoms with van der Waals surface area (Å²) in [6.45, 7) is 5.27. The van der Waals surface area contributed by atoms with Gasteiger partial charge in [-0.2, -0.15) is 8.42 Å². The van der Waals surface area contributed by atoms with Crippen LogP contribution in [0.15, 0.2) is 30.3 Å². The Hall–Kier alpha value is -1.60. The molecule has 0 aliphatic carbocycles. The molecule has 0 unspecified atom stereocenters. The molecule has 0 saturated carbocycles. The van der Waals surface area contributed by atoms with Crippen LogP contribution in [-0.4, -0.2) is 44.5 Å². The molecule has 7 heteroatoms. The van der Waals surface area contributed by atoms with Gasteiger partial charge in [0, 0.05) is 6.54 Å². The quantitative estimate of drug-likeness (QED) is 0.562. The third-order valence-corrected chi connectivity index (χ3v) is 3.34. The Bertz CT molecular complexity index is 593. The van der Waals surface area contributed by atoms with Gasteiger partial charge in [-0.25, -0.2) is 8.98 Å². The van der Waals surface area contributed by atoms with E-state index in [-0.39, 0.29) is 6.73 Å². The van der Waals surface area contributed by atoms with Crippen LogP contribution in [0.3, 0.4) is 0 Å². The maximum atomic E-state index is 12.1. The lowest BCUT2D eigenvalue weighted by Crippen LogP contribution is -2.39. The second kappa shape index (κ2) is 8.31. The fraction of sp³-hybridized carbons (Fsp3) is 0.562. The maximum absolute atomic E-state index is 12.1. The van der Waals surface area contributed by atoms with Crippen molar-refractivity contribution < 1.29 is 22.1 Å². The summed E-state index contributed by atoms with van der Waals surface area (Å²) in [6.07, 6.45) is 1.81. The third kappa shape index (κ3) is 9.20. The van der Waals surface area contributed by atoms with Crippen LogP contribution >= 0.6 is 0 Å². The molecule has 0 N–H and O–H groups in total. The predicted octanol–water partition coefficient (Wildman–Crippen LogP) is 2.79. The van der Waals surface area contributed by atoms with Gasteiger partial charge in [-0.05, 0) is 39.2 Å². The summed E-state index contributed by atoms with van der Waals surface area (Å²) < 4.78 is 32.3. The van der Waals surface area contributed by atoms with Gasteiger partial charge in [0.2, 0.25) is 0 Å². The molecule has 1 aromatic carbocycles. The van der Waals surface area contributed by atoms with E-state index in [1.165, 1.54) is 4.90 Å². The van der Waals surface area contributed by atoms with Crippen LogP contribution in [0.4, 0.5) is 4.79 Å². The fourth-order valence-corrected chi connectivity index (χ4v) is 2.13. The number of aryl methyl sites for hydroxylation is 1. The average Bonchev–Trinajstić information content (AvgIpc) is 2.40. The molecular formula is C16H25NO5S. The minimum absolute atomic E-state index is 0.345. The number of carbonyl (C=O) groups is 1. The van der Waals surface area contributed by atoms with E-state index in [4.69, 9.17) is 8.92 Å². The number of benzene rings is 1. The van der Waals surface area contributed by atoms with Crippen LogP contribution in [0.25, 0.3) is 0 Å². The van der Waals surface area contributed by atoms with Crippen LogP contribution in [0.5, 0.6) is 0 Å². The summed E-state index contributed by atoms with van der Waals surface area (Å²) in [5, 5.41) is 0. The van der Waals surface area contributed by atoms with Gasteiger partial charge in [0.05, 0.1) is 6.26 Å². The van der Waals surface area contributed by atoms with Crippen molar-refractivity contribution in [1.29, 1.82) is 0 Å². The molecule has 6 nitrogen and oxygen atoms in total. The Labute approximate surface area is 138 Å². The molecule has 0 aliphatic rings. The number of ether oxygens (including phenoxy) is 1. The molecule has 23 heavy (non-hydrogen) atoms. The van der Waals surface area contributed by atoms with Crippen molar-refractivity contribution in [2.75, 3.05) is 19.5 Å². The first-order chi connectivity index (χ1) is 10.6. The molecule has 1 amide bonds. The standard InChI is InChI=1S/C16H25NO5S/c1-16(2,3)22-15(18)17(13-21-23(4,19)20)12-8-11-14-9-6-5-7-10-14/h5-7,9-10H,8,11-13H2,1-4H3. The summed E-state index contributed by atoms with van der Waals surface area (Å²) in [5.74, 6) is 0. The van der Waals surface area contributed by atoms with Gasteiger partial charge >= 0.3 is 6.09 Å². The van der Waals surface area contributed by atoms with E-state index in [9.17, 15) is 13.2 Å². The van der Waals surface area contributed by atoms with Crippen molar-refractivity contribution in [2.45, 2.75) is 39.2 Å². The molecule has 0 heterocycles. The highest BCUT2D eigenvalue weighted by Gasteiger charge is 2.23. The van der Waals surface area contributed by atoms with Crippen molar-refractivity contribution in [3.63, 3.8) is 0 Å². The topological polar surface area (TPSA) is 72.9 Å². The van der Waals surface area contributed by atoms with E-state index in [0.717, 1.165) is 18.2 Å². The van der Waals surface area contributed by atoms with Crippen molar-refractivity contribution in [3.8, 4) is 0 Å². The summed E-state index contributed by atoms with van der Waals surface area (Å²) in [7, 11) is -3.62. The van der Waals surface area contributed by atoms with Gasteiger partial charge in [0.25, 0.3) is 10.1 Å². The van der Waals surface area contributed by atoms with Crippen LogP contribution in [0, 0.1) is 0 Å². The van der Waals surface area contributed by atoms with E-state index in [0.29, 0.717) is 13.0 Å². The molecule has 0 radical (unpaired) electrons. The smallest absolute Gasteiger partial charge is 0.412 e. The van der Waals surface area contributed by atoms with Crippen molar-refractivity contribution in [3.05, 3.63) is 35.9 Å². The summed E-state index contributed by atoms with van der Waals surface area (Å²) in [5.41, 5.74) is 0.500. The normalized spacial score (nSPS) is 12.0. The highest BCUT2D eigenvalue weighted by Crippen LogP contribution is 2.11. The van der Waals surface area contributed by atoms with Gasteiger partial charge in [-0.3, -0.25) is 4.90 Å². The largest absolute Gasteiger partial charge is 0.444 e. The fourth-order valence-electron chi connectivity index (χ4n) is 1.81. The summed E-state index contributed by atoms with van der Waals surface area (Å²) in [6, 6.07) is 9.85. The molecule has 1 aromatic rings. The van der Waals surface area contributed by atoms with Gasteiger partial charge in [0.15, 0.2) is 0 Å². The number of rotatable bonds is 7. The van der Waals surface area contributed by atoms with Gasteiger partial charge in [-0.1, -0.05) is 30.3 Å². The Morgan fingerprint density at radius 3 is 2.30 bits per heavy atom. The molecule has 0 saturated heterocycles. The molecular weight excluding hydrogens is 318 g/mol. The van der Waals surface area contributed by atoms with Crippen LogP contribution in [0.1, 0.15) is 32.8 Å². The predicted molar refractivity (Wildman–Crippen MR) is 88.5 cm³/mol. The second-order valence-corrected chi connectivity index (χ2v) is 7.93. The Kier molecular flexibility index (Phi) is 7.02. The summed E-state index contributed by atoms with van der Waals surface area (Å²) >= 11 is 0. The first-order valence-electron chi connectivity index (χ1n) is 7.43. The van der Waals surface area contributed by atoms with E-state index < -0.39 is 21.8 Å². The minimum atomic E-state index is -3.62. The van der Waals surface area contributed by atoms with E-state index >= 15 is 0 Å². The highest BCUT2D eigenvalue weighted by molar-refractivity contribution is 7.85. The van der Waals surface area contributed by atoms with Crippen molar-refractivity contribution in [2.24, 2.45) is 0 Å².